The number of esters is 1. The van der Waals surface area contributed by atoms with Crippen LogP contribution in [0.25, 0.3) is 0 Å². The molecule has 1 unspecified atom stereocenters. The fourth-order valence-corrected chi connectivity index (χ4v) is 2.56. The Labute approximate surface area is 121 Å². The third-order valence-corrected chi connectivity index (χ3v) is 3.58. The zero-order chi connectivity index (χ0) is 15.0. The second kappa shape index (κ2) is 5.01. The quantitative estimate of drug-likeness (QED) is 0.830. The standard InChI is InChI=1S/C16H14O5/c1-20-12-7-3-5-10(15(12)18)13-8-9-4-2-6-11(17)14(9)16(19)21-13/h2-7,13,17-18H,8H2,1H3. The number of hydrogen-bond acceptors (Lipinski definition) is 5. The van der Waals surface area contributed by atoms with Crippen molar-refractivity contribution in [3.63, 3.8) is 0 Å². The number of carbonyl (C=O) groups excluding carboxylic acids is 1. The smallest absolute Gasteiger partial charge is 0.342 e. The molecule has 0 bridgehead atoms. The van der Waals surface area contributed by atoms with Crippen molar-refractivity contribution in [3.8, 4) is 17.2 Å². The summed E-state index contributed by atoms with van der Waals surface area (Å²) in [5.74, 6) is -0.404. The van der Waals surface area contributed by atoms with Crippen LogP contribution in [0.1, 0.15) is 27.6 Å². The van der Waals surface area contributed by atoms with Crippen molar-refractivity contribution in [2.45, 2.75) is 12.5 Å². The molecular weight excluding hydrogens is 272 g/mol. The van der Waals surface area contributed by atoms with E-state index < -0.39 is 12.1 Å². The van der Waals surface area contributed by atoms with Gasteiger partial charge in [0, 0.05) is 12.0 Å². The molecule has 0 saturated carbocycles. The second-order valence-corrected chi connectivity index (χ2v) is 4.81. The Hall–Kier alpha value is -2.69. The van der Waals surface area contributed by atoms with E-state index in [0.29, 0.717) is 23.3 Å². The molecule has 2 aromatic rings. The van der Waals surface area contributed by atoms with Gasteiger partial charge in [-0.25, -0.2) is 4.79 Å². The van der Waals surface area contributed by atoms with Crippen LogP contribution in [0.2, 0.25) is 0 Å². The number of aromatic hydroxyl groups is 2. The van der Waals surface area contributed by atoms with E-state index in [1.54, 1.807) is 30.3 Å². The van der Waals surface area contributed by atoms with Crippen molar-refractivity contribution in [3.05, 3.63) is 53.1 Å². The normalized spacial score (nSPS) is 17.0. The molecule has 0 fully saturated rings. The first kappa shape index (κ1) is 13.3. The summed E-state index contributed by atoms with van der Waals surface area (Å²) in [7, 11) is 1.46. The number of ether oxygens (including phenoxy) is 2. The molecule has 1 atom stereocenters. The number of carbonyl (C=O) groups is 1. The SMILES string of the molecule is COc1cccc(C2Cc3cccc(O)c3C(=O)O2)c1O. The highest BCUT2D eigenvalue weighted by molar-refractivity contribution is 5.95. The monoisotopic (exact) mass is 286 g/mol. The average molecular weight is 286 g/mol. The molecule has 3 rings (SSSR count). The largest absolute Gasteiger partial charge is 0.507 e. The van der Waals surface area contributed by atoms with Gasteiger partial charge in [0.1, 0.15) is 17.4 Å². The number of cyclic esters (lactones) is 1. The molecule has 0 aliphatic carbocycles. The van der Waals surface area contributed by atoms with Crippen LogP contribution in [0.5, 0.6) is 17.2 Å². The summed E-state index contributed by atoms with van der Waals surface area (Å²) in [4.78, 5) is 12.1. The fourth-order valence-electron chi connectivity index (χ4n) is 2.56. The van der Waals surface area contributed by atoms with Gasteiger partial charge in [0.2, 0.25) is 0 Å². The lowest BCUT2D eigenvalue weighted by Crippen LogP contribution is -2.22. The summed E-state index contributed by atoms with van der Waals surface area (Å²) in [6.07, 6.45) is -0.224. The van der Waals surface area contributed by atoms with Crippen LogP contribution in [0.3, 0.4) is 0 Å². The van der Waals surface area contributed by atoms with E-state index in [1.807, 2.05) is 0 Å². The molecular formula is C16H14O5. The van der Waals surface area contributed by atoms with Gasteiger partial charge in [-0.1, -0.05) is 24.3 Å². The van der Waals surface area contributed by atoms with Gasteiger partial charge in [-0.2, -0.15) is 0 Å². The minimum Gasteiger partial charge on any atom is -0.507 e. The van der Waals surface area contributed by atoms with Crippen LogP contribution in [0.15, 0.2) is 36.4 Å². The van der Waals surface area contributed by atoms with Crippen molar-refractivity contribution in [2.75, 3.05) is 7.11 Å². The summed E-state index contributed by atoms with van der Waals surface area (Å²) in [6, 6.07) is 9.92. The molecule has 0 aromatic heterocycles. The Kier molecular flexibility index (Phi) is 3.17. The predicted octanol–water partition coefficient (Wildman–Crippen LogP) is 2.56. The van der Waals surface area contributed by atoms with Crippen LogP contribution in [-0.4, -0.2) is 23.3 Å². The van der Waals surface area contributed by atoms with Gasteiger partial charge in [-0.15, -0.1) is 0 Å². The van der Waals surface area contributed by atoms with Crippen LogP contribution in [0, 0.1) is 0 Å². The minimum absolute atomic E-state index is 0.0404. The summed E-state index contributed by atoms with van der Waals surface area (Å²) in [5, 5.41) is 19.9. The van der Waals surface area contributed by atoms with Crippen LogP contribution in [-0.2, 0) is 11.2 Å². The van der Waals surface area contributed by atoms with Gasteiger partial charge >= 0.3 is 5.97 Å². The number of fused-ring (bicyclic) bond motifs is 1. The Balaban J connectivity index is 2.02. The lowest BCUT2D eigenvalue weighted by atomic mass is 9.93. The van der Waals surface area contributed by atoms with E-state index in [9.17, 15) is 15.0 Å². The van der Waals surface area contributed by atoms with E-state index in [0.717, 1.165) is 0 Å². The van der Waals surface area contributed by atoms with Crippen LogP contribution < -0.4 is 4.74 Å². The summed E-state index contributed by atoms with van der Waals surface area (Å²) in [6.45, 7) is 0. The van der Waals surface area contributed by atoms with Crippen molar-refractivity contribution >= 4 is 5.97 Å². The molecule has 1 heterocycles. The average Bonchev–Trinajstić information content (AvgIpc) is 2.47. The van der Waals surface area contributed by atoms with Crippen molar-refractivity contribution in [1.29, 1.82) is 0 Å². The van der Waals surface area contributed by atoms with Gasteiger partial charge in [0.05, 0.1) is 7.11 Å². The molecule has 0 amide bonds. The molecule has 5 nitrogen and oxygen atoms in total. The fraction of sp³-hybridized carbons (Fsp3) is 0.188. The number of phenols is 2. The van der Waals surface area contributed by atoms with Gasteiger partial charge in [0.25, 0.3) is 0 Å². The Bertz CT molecular complexity index is 708. The predicted molar refractivity (Wildman–Crippen MR) is 74.6 cm³/mol. The van der Waals surface area contributed by atoms with Crippen LogP contribution in [0.4, 0.5) is 0 Å². The number of para-hydroxylation sites is 1. The lowest BCUT2D eigenvalue weighted by Gasteiger charge is -2.26. The molecule has 21 heavy (non-hydrogen) atoms. The Morgan fingerprint density at radius 3 is 2.71 bits per heavy atom. The van der Waals surface area contributed by atoms with Crippen molar-refractivity contribution in [1.82, 2.24) is 0 Å². The highest BCUT2D eigenvalue weighted by Gasteiger charge is 2.31. The third-order valence-electron chi connectivity index (χ3n) is 3.58. The first-order valence-corrected chi connectivity index (χ1v) is 6.49. The Morgan fingerprint density at radius 1 is 1.19 bits per heavy atom. The molecule has 1 aliphatic rings. The minimum atomic E-state index is -0.609. The van der Waals surface area contributed by atoms with E-state index in [2.05, 4.69) is 0 Å². The summed E-state index contributed by atoms with van der Waals surface area (Å²) >= 11 is 0. The molecule has 0 radical (unpaired) electrons. The molecule has 0 saturated heterocycles. The van der Waals surface area contributed by atoms with Gasteiger partial charge in [-0.05, 0) is 17.7 Å². The number of rotatable bonds is 2. The number of methoxy groups -OCH3 is 1. The molecule has 2 N–H and O–H groups in total. The van der Waals surface area contributed by atoms with Gasteiger partial charge in [0.15, 0.2) is 11.5 Å². The zero-order valence-electron chi connectivity index (χ0n) is 11.4. The van der Waals surface area contributed by atoms with Crippen molar-refractivity contribution in [2.24, 2.45) is 0 Å². The highest BCUT2D eigenvalue weighted by Crippen LogP contribution is 2.40. The van der Waals surface area contributed by atoms with Gasteiger partial charge < -0.3 is 19.7 Å². The lowest BCUT2D eigenvalue weighted by molar-refractivity contribution is 0.0243. The zero-order valence-corrected chi connectivity index (χ0v) is 11.4. The topological polar surface area (TPSA) is 76.0 Å². The number of benzene rings is 2. The van der Waals surface area contributed by atoms with E-state index >= 15 is 0 Å². The summed E-state index contributed by atoms with van der Waals surface area (Å²) in [5.41, 5.74) is 1.37. The van der Waals surface area contributed by atoms with Crippen molar-refractivity contribution < 1.29 is 24.5 Å². The molecule has 1 aliphatic heterocycles. The maximum atomic E-state index is 12.1. The number of hydrogen-bond donors (Lipinski definition) is 2. The summed E-state index contributed by atoms with van der Waals surface area (Å²) < 4.78 is 10.4. The highest BCUT2D eigenvalue weighted by atomic mass is 16.5. The van der Waals surface area contributed by atoms with Crippen LogP contribution >= 0.6 is 0 Å². The molecule has 108 valence electrons. The van der Waals surface area contributed by atoms with E-state index in [1.165, 1.54) is 13.2 Å². The Morgan fingerprint density at radius 2 is 1.95 bits per heavy atom. The molecule has 2 aromatic carbocycles. The maximum absolute atomic E-state index is 12.1. The van der Waals surface area contributed by atoms with E-state index in [-0.39, 0.29) is 17.1 Å². The van der Waals surface area contributed by atoms with Gasteiger partial charge in [-0.3, -0.25) is 0 Å². The first-order chi connectivity index (χ1) is 10.1. The second-order valence-electron chi connectivity index (χ2n) is 4.81. The molecule has 0 spiro atoms. The maximum Gasteiger partial charge on any atom is 0.342 e. The molecule has 5 heteroatoms. The number of phenolic OH excluding ortho intramolecular Hbond substituents is 2. The third kappa shape index (κ3) is 2.16. The van der Waals surface area contributed by atoms with E-state index in [4.69, 9.17) is 9.47 Å². The first-order valence-electron chi connectivity index (χ1n) is 6.49.